The lowest BCUT2D eigenvalue weighted by Crippen LogP contribution is -2.65. The van der Waals surface area contributed by atoms with Crippen LogP contribution < -0.4 is 5.32 Å². The number of aromatic hydroxyl groups is 1. The maximum atomic E-state index is 12.7. The molecule has 2 aromatic carbocycles. The number of hydrogen-bond acceptors (Lipinski definition) is 6. The molecule has 0 spiro atoms. The lowest BCUT2D eigenvalue weighted by atomic mass is 9.74. The van der Waals surface area contributed by atoms with E-state index in [1.807, 2.05) is 20.8 Å². The number of likely N-dealkylation sites (N-methyl/N-ethyl adjacent to an activating group) is 2. The number of likely N-dealkylation sites (tertiary alicyclic amines) is 1. The Morgan fingerprint density at radius 2 is 1.52 bits per heavy atom. The minimum Gasteiger partial charge on any atom is -0.508 e. The molecule has 1 heterocycles. The maximum Gasteiger partial charge on any atom is 0.416 e. The summed E-state index contributed by atoms with van der Waals surface area (Å²) in [6.45, 7) is 18.7. The van der Waals surface area contributed by atoms with Gasteiger partial charge in [-0.2, -0.15) is 13.2 Å². The van der Waals surface area contributed by atoms with Crippen molar-refractivity contribution in [1.82, 2.24) is 20.0 Å². The molecule has 1 saturated heterocycles. The summed E-state index contributed by atoms with van der Waals surface area (Å²) in [6.07, 6.45) is -0.971. The number of phenolic OH excluding ortho intramolecular Hbond substituents is 1. The second kappa shape index (κ2) is 19.9. The highest BCUT2D eigenvalue weighted by molar-refractivity contribution is 6.02. The van der Waals surface area contributed by atoms with Gasteiger partial charge >= 0.3 is 12.2 Å². The Hall–Kier alpha value is -3.44. The molecular formula is C35H53F3N4O4. The number of aldehydes is 1. The number of nitrogens with one attached hydrogen (secondary N) is 1. The van der Waals surface area contributed by atoms with E-state index < -0.39 is 29.2 Å². The molecule has 11 heteroatoms. The van der Waals surface area contributed by atoms with Gasteiger partial charge in [0.05, 0.1) is 17.0 Å². The highest BCUT2D eigenvalue weighted by atomic mass is 19.4. The number of carbonyl (C=O) groups is 3. The minimum absolute atomic E-state index is 0.178. The quantitative estimate of drug-likeness (QED) is 0.174. The SMILES string of the molecule is CCCC(NC(=O)N1CC(CC)(CC)C1=O)c1ccc(C(F)(F)F)cc1.CCN(C)CCN(CC)CC.O=Cc1ccc(O)cc1. The fourth-order valence-electron chi connectivity index (χ4n) is 4.88. The molecule has 3 amide bonds. The molecule has 0 aromatic heterocycles. The first-order chi connectivity index (χ1) is 21.7. The van der Waals surface area contributed by atoms with E-state index in [4.69, 9.17) is 5.11 Å². The van der Waals surface area contributed by atoms with Crippen LogP contribution in [-0.2, 0) is 11.0 Å². The number of carbonyl (C=O) groups excluding carboxylic acids is 3. The summed E-state index contributed by atoms with van der Waals surface area (Å²) in [7, 11) is 2.17. The number of halogens is 3. The van der Waals surface area contributed by atoms with Crippen LogP contribution in [0.15, 0.2) is 48.5 Å². The van der Waals surface area contributed by atoms with E-state index in [0.717, 1.165) is 31.4 Å². The molecule has 0 aliphatic carbocycles. The molecule has 3 rings (SSSR count). The predicted octanol–water partition coefficient (Wildman–Crippen LogP) is 7.39. The first-order valence-corrected chi connectivity index (χ1v) is 16.2. The third kappa shape index (κ3) is 12.4. The Labute approximate surface area is 272 Å². The Morgan fingerprint density at radius 3 is 1.93 bits per heavy atom. The van der Waals surface area contributed by atoms with Crippen molar-refractivity contribution in [2.24, 2.45) is 5.41 Å². The summed E-state index contributed by atoms with van der Waals surface area (Å²) in [4.78, 5) is 40.8. The number of alkyl halides is 3. The van der Waals surface area contributed by atoms with Gasteiger partial charge in [0.2, 0.25) is 5.91 Å². The van der Waals surface area contributed by atoms with Crippen molar-refractivity contribution >= 4 is 18.2 Å². The molecule has 8 nitrogen and oxygen atoms in total. The second-order valence-electron chi connectivity index (χ2n) is 11.4. The Bertz CT molecular complexity index is 1180. The average molecular weight is 651 g/mol. The van der Waals surface area contributed by atoms with Crippen molar-refractivity contribution < 1.29 is 32.7 Å². The molecule has 46 heavy (non-hydrogen) atoms. The number of benzene rings is 2. The van der Waals surface area contributed by atoms with Crippen LogP contribution in [0.5, 0.6) is 5.75 Å². The zero-order valence-electron chi connectivity index (χ0n) is 28.5. The fraction of sp³-hybridized carbons (Fsp3) is 0.571. The normalized spacial score (nSPS) is 14.4. The summed E-state index contributed by atoms with van der Waals surface area (Å²) in [5.74, 6) is 0.00303. The van der Waals surface area contributed by atoms with E-state index in [9.17, 15) is 27.6 Å². The number of urea groups is 1. The van der Waals surface area contributed by atoms with E-state index in [-0.39, 0.29) is 11.7 Å². The van der Waals surface area contributed by atoms with Gasteiger partial charge < -0.3 is 20.2 Å². The molecule has 0 radical (unpaired) electrons. The summed E-state index contributed by atoms with van der Waals surface area (Å²) in [6, 6.07) is 9.94. The van der Waals surface area contributed by atoms with E-state index >= 15 is 0 Å². The van der Waals surface area contributed by atoms with E-state index in [1.165, 1.54) is 55.3 Å². The average Bonchev–Trinajstić information content (AvgIpc) is 3.05. The van der Waals surface area contributed by atoms with E-state index in [2.05, 4.69) is 42.9 Å². The third-order valence-corrected chi connectivity index (χ3v) is 8.54. The van der Waals surface area contributed by atoms with Crippen molar-refractivity contribution in [3.05, 3.63) is 65.2 Å². The van der Waals surface area contributed by atoms with Crippen molar-refractivity contribution in [2.45, 2.75) is 79.4 Å². The van der Waals surface area contributed by atoms with Crippen LogP contribution in [0.2, 0.25) is 0 Å². The van der Waals surface area contributed by atoms with Crippen LogP contribution in [0.4, 0.5) is 18.0 Å². The number of phenols is 1. The Morgan fingerprint density at radius 1 is 0.957 bits per heavy atom. The number of amides is 3. The Kier molecular flexibility index (Phi) is 17.6. The molecule has 1 fully saturated rings. The summed E-state index contributed by atoms with van der Waals surface area (Å²) >= 11 is 0. The van der Waals surface area contributed by atoms with Gasteiger partial charge in [0.15, 0.2) is 0 Å². The summed E-state index contributed by atoms with van der Waals surface area (Å²) < 4.78 is 38.1. The molecule has 1 aliphatic heterocycles. The first kappa shape index (κ1) is 40.6. The van der Waals surface area contributed by atoms with Gasteiger partial charge in [-0.15, -0.1) is 0 Å². The zero-order valence-corrected chi connectivity index (χ0v) is 28.5. The summed E-state index contributed by atoms with van der Waals surface area (Å²) in [5, 5.41) is 11.5. The largest absolute Gasteiger partial charge is 0.508 e. The smallest absolute Gasteiger partial charge is 0.416 e. The molecule has 1 aliphatic rings. The Balaban J connectivity index is 0.000000432. The molecular weight excluding hydrogens is 597 g/mol. The molecule has 2 N–H and O–H groups in total. The number of rotatable bonds is 13. The first-order valence-electron chi connectivity index (χ1n) is 16.2. The van der Waals surface area contributed by atoms with Gasteiger partial charge in [-0.25, -0.2) is 4.79 Å². The van der Waals surface area contributed by atoms with Crippen LogP contribution in [-0.4, -0.2) is 84.3 Å². The van der Waals surface area contributed by atoms with Gasteiger partial charge in [0, 0.05) is 25.2 Å². The zero-order chi connectivity index (χ0) is 34.9. The third-order valence-electron chi connectivity index (χ3n) is 8.54. The van der Waals surface area contributed by atoms with Crippen molar-refractivity contribution in [3.63, 3.8) is 0 Å². The number of imide groups is 1. The van der Waals surface area contributed by atoms with Crippen molar-refractivity contribution in [3.8, 4) is 5.75 Å². The van der Waals surface area contributed by atoms with Gasteiger partial charge in [0.1, 0.15) is 12.0 Å². The van der Waals surface area contributed by atoms with Gasteiger partial charge in [0.25, 0.3) is 0 Å². The molecule has 0 bridgehead atoms. The minimum atomic E-state index is -4.39. The van der Waals surface area contributed by atoms with Crippen LogP contribution in [0.25, 0.3) is 0 Å². The van der Waals surface area contributed by atoms with E-state index in [0.29, 0.717) is 36.9 Å². The topological polar surface area (TPSA) is 93.2 Å². The lowest BCUT2D eigenvalue weighted by molar-refractivity contribution is -0.155. The molecule has 1 atom stereocenters. The predicted molar refractivity (Wildman–Crippen MR) is 177 cm³/mol. The van der Waals surface area contributed by atoms with E-state index in [1.54, 1.807) is 12.1 Å². The standard InChI is InChI=1S/C19H25F3N2O2.C9H22N2.C7H6O2/c1-4-7-15(13-8-10-14(11-9-13)19(20,21)22)23-17(26)24-12-18(5-2,6-3)16(24)25;1-5-10(4)8-9-11(6-2)7-3;8-5-6-1-3-7(9)4-2-6/h8-11,15H,4-7,12H2,1-3H3,(H,23,26);5-9H2,1-4H3;1-5,9H. The number of hydrogen-bond donors (Lipinski definition) is 2. The highest BCUT2D eigenvalue weighted by Crippen LogP contribution is 2.39. The molecule has 1 unspecified atom stereocenters. The van der Waals surface area contributed by atoms with Crippen molar-refractivity contribution in [1.29, 1.82) is 0 Å². The van der Waals surface area contributed by atoms with Crippen LogP contribution >= 0.6 is 0 Å². The van der Waals surface area contributed by atoms with Crippen LogP contribution in [0.3, 0.4) is 0 Å². The van der Waals surface area contributed by atoms with Crippen LogP contribution in [0.1, 0.15) is 94.8 Å². The molecule has 258 valence electrons. The second-order valence-corrected chi connectivity index (χ2v) is 11.4. The van der Waals surface area contributed by atoms with Crippen molar-refractivity contribution in [2.75, 3.05) is 46.3 Å². The van der Waals surface area contributed by atoms with Gasteiger partial charge in [-0.05, 0) is 87.9 Å². The van der Waals surface area contributed by atoms with Crippen LogP contribution in [0, 0.1) is 5.41 Å². The molecule has 2 aromatic rings. The maximum absolute atomic E-state index is 12.7. The van der Waals surface area contributed by atoms with Gasteiger partial charge in [-0.3, -0.25) is 14.5 Å². The lowest BCUT2D eigenvalue weighted by Gasteiger charge is -2.47. The monoisotopic (exact) mass is 650 g/mol. The fourth-order valence-corrected chi connectivity index (χ4v) is 4.88. The summed E-state index contributed by atoms with van der Waals surface area (Å²) in [5.41, 5.74) is -0.00554. The number of β-lactam (4-membered cyclic amide) rings is 1. The molecule has 0 saturated carbocycles. The van der Waals surface area contributed by atoms with Gasteiger partial charge in [-0.1, -0.05) is 60.1 Å². The number of nitrogens with zero attached hydrogens (tertiary/aromatic N) is 3. The highest BCUT2D eigenvalue weighted by Gasteiger charge is 2.52.